The van der Waals surface area contributed by atoms with Crippen molar-refractivity contribution in [1.29, 1.82) is 0 Å². The van der Waals surface area contributed by atoms with Crippen LogP contribution in [0.1, 0.15) is 37.6 Å². The molecule has 0 spiro atoms. The largest absolute Gasteiger partial charge is 0.341 e. The highest BCUT2D eigenvalue weighted by molar-refractivity contribution is 5.65. The molecule has 8 nitrogen and oxygen atoms in total. The van der Waals surface area contributed by atoms with Crippen molar-refractivity contribution in [3.63, 3.8) is 0 Å². The fraction of sp³-hybridized carbons (Fsp3) is 0.200. The smallest absolute Gasteiger partial charge is 0.123 e. The van der Waals surface area contributed by atoms with E-state index in [-0.39, 0.29) is 12.1 Å². The van der Waals surface area contributed by atoms with Crippen LogP contribution in [-0.2, 0) is 0 Å². The summed E-state index contributed by atoms with van der Waals surface area (Å²) in [6.45, 7) is 3.78. The summed E-state index contributed by atoms with van der Waals surface area (Å²) in [5, 5.41) is 0. The van der Waals surface area contributed by atoms with Gasteiger partial charge in [0, 0.05) is 23.5 Å². The van der Waals surface area contributed by atoms with E-state index < -0.39 is 0 Å². The second kappa shape index (κ2) is 7.34. The van der Waals surface area contributed by atoms with Crippen LogP contribution < -0.4 is 11.5 Å². The van der Waals surface area contributed by atoms with Gasteiger partial charge in [-0.25, -0.2) is 9.97 Å². The number of nitrogens with one attached hydrogen (secondary N) is 2. The van der Waals surface area contributed by atoms with E-state index in [0.717, 1.165) is 45.6 Å². The highest BCUT2D eigenvalue weighted by Crippen LogP contribution is 2.23. The van der Waals surface area contributed by atoms with Gasteiger partial charge in [-0.05, 0) is 38.1 Å². The number of hydrogen-bond donors (Lipinski definition) is 4. The summed E-state index contributed by atoms with van der Waals surface area (Å²) in [4.78, 5) is 24.1. The Labute approximate surface area is 162 Å². The van der Waals surface area contributed by atoms with Crippen LogP contribution >= 0.6 is 0 Å². The van der Waals surface area contributed by atoms with Gasteiger partial charge in [-0.1, -0.05) is 0 Å². The zero-order valence-electron chi connectivity index (χ0n) is 15.7. The Balaban J connectivity index is 1.54. The first-order valence-corrected chi connectivity index (χ1v) is 9.05. The molecule has 4 aromatic rings. The highest BCUT2D eigenvalue weighted by atomic mass is 15.0. The lowest BCUT2D eigenvalue weighted by Crippen LogP contribution is -2.06. The van der Waals surface area contributed by atoms with Gasteiger partial charge in [-0.2, -0.15) is 0 Å². The first kappa shape index (κ1) is 18.0. The molecule has 8 heteroatoms. The van der Waals surface area contributed by atoms with Crippen molar-refractivity contribution < 1.29 is 0 Å². The van der Waals surface area contributed by atoms with Crippen molar-refractivity contribution in [2.24, 2.45) is 11.5 Å². The molecule has 28 heavy (non-hydrogen) atoms. The first-order valence-electron chi connectivity index (χ1n) is 9.05. The fourth-order valence-corrected chi connectivity index (χ4v) is 2.84. The minimum absolute atomic E-state index is 0.136. The molecular weight excluding hydrogens is 352 g/mol. The zero-order valence-corrected chi connectivity index (χ0v) is 15.7. The maximum atomic E-state index is 5.85. The van der Waals surface area contributed by atoms with Crippen molar-refractivity contribution in [1.82, 2.24) is 29.9 Å². The average Bonchev–Trinajstić information content (AvgIpc) is 3.38. The van der Waals surface area contributed by atoms with Crippen LogP contribution in [0.3, 0.4) is 0 Å². The molecule has 4 aromatic heterocycles. The summed E-state index contributed by atoms with van der Waals surface area (Å²) < 4.78 is 0. The molecule has 0 aliphatic rings. The molecule has 0 fully saturated rings. The van der Waals surface area contributed by atoms with E-state index in [1.807, 2.05) is 38.1 Å². The van der Waals surface area contributed by atoms with E-state index in [9.17, 15) is 0 Å². The van der Waals surface area contributed by atoms with Gasteiger partial charge in [0.1, 0.15) is 11.6 Å². The number of imidazole rings is 2. The molecule has 0 aromatic carbocycles. The third-order valence-corrected chi connectivity index (χ3v) is 4.46. The third kappa shape index (κ3) is 3.55. The Morgan fingerprint density at radius 1 is 0.643 bits per heavy atom. The predicted octanol–water partition coefficient (Wildman–Crippen LogP) is 2.96. The van der Waals surface area contributed by atoms with Crippen LogP contribution in [-0.4, -0.2) is 29.9 Å². The second-order valence-corrected chi connectivity index (χ2v) is 6.81. The van der Waals surface area contributed by atoms with E-state index in [4.69, 9.17) is 11.5 Å². The molecule has 0 radical (unpaired) electrons. The lowest BCUT2D eigenvalue weighted by atomic mass is 10.1. The zero-order chi connectivity index (χ0) is 19.7. The maximum Gasteiger partial charge on any atom is 0.123 e. The summed E-state index contributed by atoms with van der Waals surface area (Å²) in [7, 11) is 0. The van der Waals surface area contributed by atoms with Crippen molar-refractivity contribution in [3.8, 4) is 33.9 Å². The number of nitrogens with two attached hydrogens (primary N) is 2. The lowest BCUT2D eigenvalue weighted by Gasteiger charge is -2.04. The molecule has 0 saturated heterocycles. The molecule has 6 N–H and O–H groups in total. The Kier molecular flexibility index (Phi) is 4.72. The molecule has 0 aliphatic heterocycles. The molecule has 0 aliphatic carbocycles. The minimum atomic E-state index is -0.136. The quantitative estimate of drug-likeness (QED) is 0.424. The molecule has 142 valence electrons. The van der Waals surface area contributed by atoms with Crippen LogP contribution in [0.15, 0.2) is 49.1 Å². The molecule has 0 saturated carbocycles. The Bertz CT molecular complexity index is 971. The van der Waals surface area contributed by atoms with E-state index in [2.05, 4.69) is 29.9 Å². The summed E-state index contributed by atoms with van der Waals surface area (Å²) >= 11 is 0. The number of hydrogen-bond acceptors (Lipinski definition) is 6. The van der Waals surface area contributed by atoms with Gasteiger partial charge >= 0.3 is 0 Å². The van der Waals surface area contributed by atoms with Gasteiger partial charge in [-0.15, -0.1) is 0 Å². The van der Waals surface area contributed by atoms with E-state index in [0.29, 0.717) is 0 Å². The number of aromatic nitrogens is 6. The van der Waals surface area contributed by atoms with Crippen LogP contribution in [0, 0.1) is 0 Å². The third-order valence-electron chi connectivity index (χ3n) is 4.46. The van der Waals surface area contributed by atoms with Gasteiger partial charge in [0.05, 0.1) is 47.3 Å². The molecule has 0 unspecified atom stereocenters. The average molecular weight is 374 g/mol. The topological polar surface area (TPSA) is 135 Å². The molecular formula is C20H22N8. The first-order chi connectivity index (χ1) is 13.5. The summed E-state index contributed by atoms with van der Waals surface area (Å²) in [5.41, 5.74) is 16.9. The van der Waals surface area contributed by atoms with Crippen molar-refractivity contribution in [3.05, 3.63) is 60.7 Å². The standard InChI is InChI=1S/C20H22N8/c1-11(21)19-25-9-17(27-19)13-3-5-15(23-7-13)16-6-4-14(8-24-16)18-10-26-20(28-18)12(2)22/h3-12H,21-22H2,1-2H3,(H,25,27)(H,26,28)/t11-,12+. The van der Waals surface area contributed by atoms with E-state index >= 15 is 0 Å². The molecule has 0 bridgehead atoms. The number of H-pyrrole nitrogens is 2. The van der Waals surface area contributed by atoms with Crippen molar-refractivity contribution >= 4 is 0 Å². The Morgan fingerprint density at radius 3 is 1.36 bits per heavy atom. The Morgan fingerprint density at radius 2 is 1.07 bits per heavy atom. The molecule has 0 amide bonds. The summed E-state index contributed by atoms with van der Waals surface area (Å²) in [6, 6.07) is 7.58. The fourth-order valence-electron chi connectivity index (χ4n) is 2.84. The van der Waals surface area contributed by atoms with Crippen molar-refractivity contribution in [2.75, 3.05) is 0 Å². The van der Waals surface area contributed by atoms with Crippen molar-refractivity contribution in [2.45, 2.75) is 25.9 Å². The predicted molar refractivity (Wildman–Crippen MR) is 108 cm³/mol. The summed E-state index contributed by atoms with van der Waals surface area (Å²) in [5.74, 6) is 1.50. The normalized spacial score (nSPS) is 13.4. The van der Waals surface area contributed by atoms with Crippen LogP contribution in [0.5, 0.6) is 0 Å². The second-order valence-electron chi connectivity index (χ2n) is 6.81. The molecule has 4 rings (SSSR count). The van der Waals surface area contributed by atoms with Gasteiger partial charge in [0.15, 0.2) is 0 Å². The van der Waals surface area contributed by atoms with Gasteiger partial charge in [0.2, 0.25) is 0 Å². The van der Waals surface area contributed by atoms with Gasteiger partial charge in [0.25, 0.3) is 0 Å². The van der Waals surface area contributed by atoms with Gasteiger partial charge in [-0.3, -0.25) is 9.97 Å². The van der Waals surface area contributed by atoms with E-state index in [1.54, 1.807) is 24.8 Å². The number of nitrogens with zero attached hydrogens (tertiary/aromatic N) is 4. The van der Waals surface area contributed by atoms with Crippen LogP contribution in [0.4, 0.5) is 0 Å². The Hall–Kier alpha value is -3.36. The summed E-state index contributed by atoms with van der Waals surface area (Å²) in [6.07, 6.45) is 7.13. The maximum absolute atomic E-state index is 5.85. The monoisotopic (exact) mass is 374 g/mol. The SMILES string of the molecule is C[C@H](N)c1ncc(-c2ccc(-c3ccc(-c4cnc([C@@H](C)N)[nH]4)cn3)nc2)[nH]1. The number of aromatic amines is 2. The number of pyridine rings is 2. The molecule has 2 atom stereocenters. The van der Waals surface area contributed by atoms with Crippen LogP contribution in [0.2, 0.25) is 0 Å². The highest BCUT2D eigenvalue weighted by Gasteiger charge is 2.10. The van der Waals surface area contributed by atoms with Crippen LogP contribution in [0.25, 0.3) is 33.9 Å². The lowest BCUT2D eigenvalue weighted by molar-refractivity contribution is 0.756. The van der Waals surface area contributed by atoms with Gasteiger partial charge < -0.3 is 21.4 Å². The van der Waals surface area contributed by atoms with E-state index in [1.165, 1.54) is 0 Å². The molecule has 4 heterocycles. The minimum Gasteiger partial charge on any atom is -0.341 e. The number of rotatable bonds is 5.